The van der Waals surface area contributed by atoms with Crippen molar-refractivity contribution in [1.29, 1.82) is 0 Å². The molecule has 110 valence electrons. The number of nitrogens with two attached hydrogens (primary N) is 1. The Morgan fingerprint density at radius 3 is 2.95 bits per heavy atom. The van der Waals surface area contributed by atoms with E-state index in [4.69, 9.17) is 5.73 Å². The van der Waals surface area contributed by atoms with Crippen LogP contribution in [0.25, 0.3) is 0 Å². The lowest BCUT2D eigenvalue weighted by Crippen LogP contribution is -2.47. The summed E-state index contributed by atoms with van der Waals surface area (Å²) in [5, 5.41) is 10.9. The highest BCUT2D eigenvalue weighted by molar-refractivity contribution is 5.35. The largest absolute Gasteiger partial charge is 0.327 e. The van der Waals surface area contributed by atoms with Crippen molar-refractivity contribution in [2.24, 2.45) is 11.7 Å². The molecule has 0 aliphatic carbocycles. The lowest BCUT2D eigenvalue weighted by molar-refractivity contribution is -0.385. The zero-order chi connectivity index (χ0) is 14.7. The Kier molecular flexibility index (Phi) is 4.73. The van der Waals surface area contributed by atoms with Crippen LogP contribution in [0.4, 0.5) is 5.69 Å². The van der Waals surface area contributed by atoms with Crippen LogP contribution in [0.3, 0.4) is 0 Å². The average Bonchev–Trinajstić information content (AvgIpc) is 2.47. The van der Waals surface area contributed by atoms with E-state index in [2.05, 4.69) is 18.7 Å². The van der Waals surface area contributed by atoms with Crippen LogP contribution in [0.1, 0.15) is 38.3 Å². The maximum Gasteiger partial charge on any atom is 0.269 e. The Bertz CT molecular complexity index is 478. The fraction of sp³-hybridized carbons (Fsp3) is 0.600. The fourth-order valence-electron chi connectivity index (χ4n) is 2.97. The predicted octanol–water partition coefficient (Wildman–Crippen LogP) is 2.71. The van der Waals surface area contributed by atoms with Crippen molar-refractivity contribution in [1.82, 2.24) is 4.90 Å². The first-order valence-corrected chi connectivity index (χ1v) is 7.27. The Labute approximate surface area is 119 Å². The molecule has 0 amide bonds. The Morgan fingerprint density at radius 2 is 2.30 bits per heavy atom. The third kappa shape index (κ3) is 3.16. The first-order chi connectivity index (χ1) is 9.52. The smallest absolute Gasteiger partial charge is 0.269 e. The topological polar surface area (TPSA) is 72.4 Å². The molecule has 0 radical (unpaired) electrons. The zero-order valence-electron chi connectivity index (χ0n) is 12.2. The van der Waals surface area contributed by atoms with Crippen LogP contribution in [0.5, 0.6) is 0 Å². The maximum atomic E-state index is 10.9. The third-order valence-corrected chi connectivity index (χ3v) is 4.46. The molecule has 1 aromatic carbocycles. The third-order valence-electron chi connectivity index (χ3n) is 4.46. The van der Waals surface area contributed by atoms with E-state index in [0.717, 1.165) is 31.5 Å². The van der Waals surface area contributed by atoms with Gasteiger partial charge in [0, 0.05) is 37.3 Å². The van der Waals surface area contributed by atoms with Crippen molar-refractivity contribution >= 4 is 5.69 Å². The Balaban J connectivity index is 2.12. The average molecular weight is 277 g/mol. The van der Waals surface area contributed by atoms with E-state index in [1.807, 2.05) is 6.07 Å². The first-order valence-electron chi connectivity index (χ1n) is 7.27. The van der Waals surface area contributed by atoms with E-state index in [1.165, 1.54) is 6.07 Å². The van der Waals surface area contributed by atoms with Crippen molar-refractivity contribution < 1.29 is 4.92 Å². The summed E-state index contributed by atoms with van der Waals surface area (Å²) in [5.41, 5.74) is 7.30. The van der Waals surface area contributed by atoms with Crippen LogP contribution in [-0.4, -0.2) is 29.0 Å². The SMILES string of the molecule is CCC1CN(C(C)c2cccc([N+](=O)[O-])c2)CCC1N. The quantitative estimate of drug-likeness (QED) is 0.678. The number of non-ortho nitro benzene ring substituents is 1. The van der Waals surface area contributed by atoms with E-state index in [0.29, 0.717) is 5.92 Å². The molecule has 0 saturated carbocycles. The van der Waals surface area contributed by atoms with Gasteiger partial charge in [-0.2, -0.15) is 0 Å². The van der Waals surface area contributed by atoms with E-state index in [1.54, 1.807) is 12.1 Å². The molecule has 3 unspecified atom stereocenters. The van der Waals surface area contributed by atoms with Gasteiger partial charge in [-0.25, -0.2) is 0 Å². The van der Waals surface area contributed by atoms with Gasteiger partial charge in [0.2, 0.25) is 0 Å². The minimum atomic E-state index is -0.336. The summed E-state index contributed by atoms with van der Waals surface area (Å²) in [5.74, 6) is 0.518. The van der Waals surface area contributed by atoms with E-state index in [-0.39, 0.29) is 22.7 Å². The minimum Gasteiger partial charge on any atom is -0.327 e. The van der Waals surface area contributed by atoms with Crippen LogP contribution in [0, 0.1) is 16.0 Å². The highest BCUT2D eigenvalue weighted by Gasteiger charge is 2.28. The van der Waals surface area contributed by atoms with Gasteiger partial charge in [-0.15, -0.1) is 0 Å². The molecule has 0 bridgehead atoms. The molecule has 1 aromatic rings. The minimum absolute atomic E-state index is 0.162. The summed E-state index contributed by atoms with van der Waals surface area (Å²) in [4.78, 5) is 12.9. The monoisotopic (exact) mass is 277 g/mol. The number of rotatable bonds is 4. The highest BCUT2D eigenvalue weighted by Crippen LogP contribution is 2.29. The summed E-state index contributed by atoms with van der Waals surface area (Å²) >= 11 is 0. The molecule has 2 N–H and O–H groups in total. The molecule has 5 heteroatoms. The van der Waals surface area contributed by atoms with Crippen LogP contribution in [0.2, 0.25) is 0 Å². The second kappa shape index (κ2) is 6.33. The number of nitro benzene ring substituents is 1. The number of piperidine rings is 1. The molecule has 1 aliphatic rings. The standard InChI is InChI=1S/C15H23N3O2/c1-3-12-10-17(8-7-15(12)16)11(2)13-5-4-6-14(9-13)18(19)20/h4-6,9,11-12,15H,3,7-8,10,16H2,1-2H3. The summed E-state index contributed by atoms with van der Waals surface area (Å²) in [7, 11) is 0. The molecular formula is C15H23N3O2. The molecule has 3 atom stereocenters. The lowest BCUT2D eigenvalue weighted by Gasteiger charge is -2.40. The number of nitro groups is 1. The van der Waals surface area contributed by atoms with Crippen LogP contribution in [-0.2, 0) is 0 Å². The molecule has 1 aliphatic heterocycles. The van der Waals surface area contributed by atoms with Crippen molar-refractivity contribution in [2.45, 2.75) is 38.8 Å². The molecule has 5 nitrogen and oxygen atoms in total. The number of nitrogens with zero attached hydrogens (tertiary/aromatic N) is 2. The highest BCUT2D eigenvalue weighted by atomic mass is 16.6. The van der Waals surface area contributed by atoms with Crippen molar-refractivity contribution in [3.05, 3.63) is 39.9 Å². The van der Waals surface area contributed by atoms with Gasteiger partial charge in [0.1, 0.15) is 0 Å². The number of benzene rings is 1. The van der Waals surface area contributed by atoms with Gasteiger partial charge >= 0.3 is 0 Å². The molecule has 0 spiro atoms. The van der Waals surface area contributed by atoms with Gasteiger partial charge < -0.3 is 5.73 Å². The van der Waals surface area contributed by atoms with Crippen molar-refractivity contribution in [3.63, 3.8) is 0 Å². The van der Waals surface area contributed by atoms with Crippen LogP contribution in [0.15, 0.2) is 24.3 Å². The normalized spacial score (nSPS) is 25.4. The molecular weight excluding hydrogens is 254 g/mol. The van der Waals surface area contributed by atoms with Gasteiger partial charge in [0.05, 0.1) is 4.92 Å². The molecule has 20 heavy (non-hydrogen) atoms. The molecule has 1 saturated heterocycles. The lowest BCUT2D eigenvalue weighted by atomic mass is 9.89. The van der Waals surface area contributed by atoms with Gasteiger partial charge in [0.15, 0.2) is 0 Å². The van der Waals surface area contributed by atoms with Crippen molar-refractivity contribution in [3.8, 4) is 0 Å². The van der Waals surface area contributed by atoms with Crippen molar-refractivity contribution in [2.75, 3.05) is 13.1 Å². The zero-order valence-corrected chi connectivity index (χ0v) is 12.2. The number of hydrogen-bond acceptors (Lipinski definition) is 4. The fourth-order valence-corrected chi connectivity index (χ4v) is 2.97. The number of hydrogen-bond donors (Lipinski definition) is 1. The second-order valence-electron chi connectivity index (χ2n) is 5.64. The molecule has 1 heterocycles. The second-order valence-corrected chi connectivity index (χ2v) is 5.64. The van der Waals surface area contributed by atoms with Gasteiger partial charge in [-0.05, 0) is 24.8 Å². The Hall–Kier alpha value is -1.46. The number of likely N-dealkylation sites (tertiary alicyclic amines) is 1. The van der Waals surface area contributed by atoms with Crippen LogP contribution < -0.4 is 5.73 Å². The molecule has 1 fully saturated rings. The van der Waals surface area contributed by atoms with E-state index < -0.39 is 0 Å². The van der Waals surface area contributed by atoms with Gasteiger partial charge in [0.25, 0.3) is 5.69 Å². The summed E-state index contributed by atoms with van der Waals surface area (Å²) in [6.45, 7) is 6.22. The van der Waals surface area contributed by atoms with Gasteiger partial charge in [-0.3, -0.25) is 15.0 Å². The van der Waals surface area contributed by atoms with Crippen LogP contribution >= 0.6 is 0 Å². The first kappa shape index (κ1) is 14.9. The summed E-state index contributed by atoms with van der Waals surface area (Å²) in [6.07, 6.45) is 2.08. The summed E-state index contributed by atoms with van der Waals surface area (Å²) < 4.78 is 0. The predicted molar refractivity (Wildman–Crippen MR) is 79.5 cm³/mol. The summed E-state index contributed by atoms with van der Waals surface area (Å²) in [6, 6.07) is 7.42. The molecule has 2 rings (SSSR count). The van der Waals surface area contributed by atoms with E-state index in [9.17, 15) is 10.1 Å². The Morgan fingerprint density at radius 1 is 1.55 bits per heavy atom. The van der Waals surface area contributed by atoms with E-state index >= 15 is 0 Å². The molecule has 0 aromatic heterocycles. The van der Waals surface area contributed by atoms with Gasteiger partial charge in [-0.1, -0.05) is 25.5 Å². The maximum absolute atomic E-state index is 10.9.